The Morgan fingerprint density at radius 2 is 1.62 bits per heavy atom. The Balaban J connectivity index is 1.34. The molecule has 1 saturated heterocycles. The molecule has 4 rings (SSSR count). The van der Waals surface area contributed by atoms with Crippen LogP contribution in [0, 0.1) is 6.92 Å². The van der Waals surface area contributed by atoms with E-state index in [1.54, 1.807) is 12.1 Å². The summed E-state index contributed by atoms with van der Waals surface area (Å²) >= 11 is 0. The standard InChI is InChI=1S/C25H27N5O2/c1-18-7-9-20(10-8-18)24(31)29-23-22(26-13-14-27-23)25(32)28-21-11-15-30(16-12-21)17-19-5-3-2-4-6-19/h2-10,13-14,21H,11-12,15-17H2,1H3,(H,28,32)(H,27,29,31). The van der Waals surface area contributed by atoms with Crippen LogP contribution in [0.2, 0.25) is 0 Å². The number of hydrogen-bond donors (Lipinski definition) is 2. The van der Waals surface area contributed by atoms with Gasteiger partial charge in [-0.05, 0) is 37.5 Å². The fourth-order valence-corrected chi connectivity index (χ4v) is 3.81. The van der Waals surface area contributed by atoms with Crippen LogP contribution < -0.4 is 10.6 Å². The zero-order chi connectivity index (χ0) is 22.3. The normalized spacial score (nSPS) is 14.7. The van der Waals surface area contributed by atoms with E-state index in [0.29, 0.717) is 5.56 Å². The minimum atomic E-state index is -0.325. The molecule has 1 aliphatic rings. The minimum Gasteiger partial charge on any atom is -0.348 e. The van der Waals surface area contributed by atoms with Gasteiger partial charge in [0.15, 0.2) is 11.5 Å². The van der Waals surface area contributed by atoms with E-state index in [2.05, 4.69) is 49.8 Å². The van der Waals surface area contributed by atoms with E-state index in [1.165, 1.54) is 18.0 Å². The number of aromatic nitrogens is 2. The number of nitrogens with zero attached hydrogens (tertiary/aromatic N) is 3. The Bertz CT molecular complexity index is 1060. The third-order valence-corrected chi connectivity index (χ3v) is 5.63. The number of benzene rings is 2. The number of carbonyl (C=O) groups excluding carboxylic acids is 2. The summed E-state index contributed by atoms with van der Waals surface area (Å²) in [6.45, 7) is 4.70. The number of anilines is 1. The van der Waals surface area contributed by atoms with E-state index in [-0.39, 0.29) is 29.4 Å². The molecular weight excluding hydrogens is 402 g/mol. The van der Waals surface area contributed by atoms with E-state index >= 15 is 0 Å². The lowest BCUT2D eigenvalue weighted by Crippen LogP contribution is -2.44. The quantitative estimate of drug-likeness (QED) is 0.627. The first kappa shape index (κ1) is 21.6. The molecule has 2 heterocycles. The van der Waals surface area contributed by atoms with Crippen molar-refractivity contribution in [3.63, 3.8) is 0 Å². The number of likely N-dealkylation sites (tertiary alicyclic amines) is 1. The first-order valence-electron chi connectivity index (χ1n) is 10.8. The summed E-state index contributed by atoms with van der Waals surface area (Å²) in [6, 6.07) is 17.7. The van der Waals surface area contributed by atoms with Crippen LogP contribution in [0.4, 0.5) is 5.82 Å². The number of nitrogens with one attached hydrogen (secondary N) is 2. The van der Waals surface area contributed by atoms with Crippen molar-refractivity contribution in [1.82, 2.24) is 20.2 Å². The molecule has 0 radical (unpaired) electrons. The summed E-state index contributed by atoms with van der Waals surface area (Å²) < 4.78 is 0. The molecule has 164 valence electrons. The molecule has 1 fully saturated rings. The molecule has 2 N–H and O–H groups in total. The molecule has 2 amide bonds. The lowest BCUT2D eigenvalue weighted by Gasteiger charge is -2.32. The van der Waals surface area contributed by atoms with Gasteiger partial charge in [0.05, 0.1) is 0 Å². The average molecular weight is 430 g/mol. The monoisotopic (exact) mass is 429 g/mol. The van der Waals surface area contributed by atoms with Gasteiger partial charge in [-0.15, -0.1) is 0 Å². The Morgan fingerprint density at radius 1 is 0.938 bits per heavy atom. The maximum Gasteiger partial charge on any atom is 0.273 e. The van der Waals surface area contributed by atoms with Crippen LogP contribution in [0.1, 0.15) is 44.8 Å². The van der Waals surface area contributed by atoms with Crippen LogP contribution in [0.25, 0.3) is 0 Å². The topological polar surface area (TPSA) is 87.2 Å². The second kappa shape index (κ2) is 10.2. The third-order valence-electron chi connectivity index (χ3n) is 5.63. The Labute approximate surface area is 187 Å². The first-order chi connectivity index (χ1) is 15.6. The Morgan fingerprint density at radius 3 is 2.34 bits per heavy atom. The maximum atomic E-state index is 12.9. The van der Waals surface area contributed by atoms with Crippen LogP contribution in [0.15, 0.2) is 67.0 Å². The van der Waals surface area contributed by atoms with Gasteiger partial charge in [-0.1, -0.05) is 48.0 Å². The van der Waals surface area contributed by atoms with Crippen LogP contribution >= 0.6 is 0 Å². The van der Waals surface area contributed by atoms with Crippen molar-refractivity contribution in [3.8, 4) is 0 Å². The minimum absolute atomic E-state index is 0.0668. The van der Waals surface area contributed by atoms with Crippen molar-refractivity contribution in [2.24, 2.45) is 0 Å². The number of piperidine rings is 1. The molecule has 0 atom stereocenters. The number of rotatable bonds is 6. The van der Waals surface area contributed by atoms with Crippen molar-refractivity contribution in [3.05, 3.63) is 89.4 Å². The predicted octanol–water partition coefficient (Wildman–Crippen LogP) is 3.43. The second-order valence-corrected chi connectivity index (χ2v) is 8.08. The zero-order valence-corrected chi connectivity index (χ0v) is 18.1. The molecule has 0 unspecified atom stereocenters. The molecule has 7 heteroatoms. The van der Waals surface area contributed by atoms with Crippen LogP contribution in [0.5, 0.6) is 0 Å². The summed E-state index contributed by atoms with van der Waals surface area (Å²) in [6.07, 6.45) is 4.65. The van der Waals surface area contributed by atoms with Gasteiger partial charge < -0.3 is 10.6 Å². The summed E-state index contributed by atoms with van der Waals surface area (Å²) in [5.41, 5.74) is 2.98. The molecule has 0 spiro atoms. The lowest BCUT2D eigenvalue weighted by molar-refractivity contribution is 0.0904. The summed E-state index contributed by atoms with van der Waals surface area (Å²) in [4.78, 5) is 36.2. The Kier molecular flexibility index (Phi) is 6.87. The number of aryl methyl sites for hydroxylation is 1. The molecule has 0 saturated carbocycles. The highest BCUT2D eigenvalue weighted by atomic mass is 16.2. The summed E-state index contributed by atoms with van der Waals surface area (Å²) in [7, 11) is 0. The molecule has 3 aromatic rings. The van der Waals surface area contributed by atoms with Gasteiger partial charge in [-0.25, -0.2) is 9.97 Å². The summed E-state index contributed by atoms with van der Waals surface area (Å²) in [5.74, 6) is -0.482. The molecule has 2 aromatic carbocycles. The fraction of sp³-hybridized carbons (Fsp3) is 0.280. The van der Waals surface area contributed by atoms with E-state index < -0.39 is 0 Å². The van der Waals surface area contributed by atoms with E-state index in [1.807, 2.05) is 25.1 Å². The van der Waals surface area contributed by atoms with Gasteiger partial charge in [0.2, 0.25) is 0 Å². The summed E-state index contributed by atoms with van der Waals surface area (Å²) in [5, 5.41) is 5.78. The molecular formula is C25H27N5O2. The van der Waals surface area contributed by atoms with Crippen LogP contribution in [0.3, 0.4) is 0 Å². The number of carbonyl (C=O) groups is 2. The highest BCUT2D eigenvalue weighted by Crippen LogP contribution is 2.16. The van der Waals surface area contributed by atoms with Gasteiger partial charge in [0.1, 0.15) is 0 Å². The number of amides is 2. The Hall–Kier alpha value is -3.58. The molecule has 0 aliphatic carbocycles. The van der Waals surface area contributed by atoms with Gasteiger partial charge >= 0.3 is 0 Å². The molecule has 32 heavy (non-hydrogen) atoms. The van der Waals surface area contributed by atoms with Crippen molar-refractivity contribution in [2.45, 2.75) is 32.4 Å². The smallest absolute Gasteiger partial charge is 0.273 e. The van der Waals surface area contributed by atoms with Crippen LogP contribution in [-0.2, 0) is 6.54 Å². The zero-order valence-electron chi connectivity index (χ0n) is 18.1. The SMILES string of the molecule is Cc1ccc(C(=O)Nc2nccnc2C(=O)NC2CCN(Cc3ccccc3)CC2)cc1. The highest BCUT2D eigenvalue weighted by molar-refractivity contribution is 6.07. The largest absolute Gasteiger partial charge is 0.348 e. The number of hydrogen-bond acceptors (Lipinski definition) is 5. The van der Waals surface area contributed by atoms with Crippen LogP contribution in [-0.4, -0.2) is 45.8 Å². The average Bonchev–Trinajstić information content (AvgIpc) is 2.82. The van der Waals surface area contributed by atoms with Crippen molar-refractivity contribution in [1.29, 1.82) is 0 Å². The first-order valence-corrected chi connectivity index (χ1v) is 10.8. The molecule has 7 nitrogen and oxygen atoms in total. The lowest BCUT2D eigenvalue weighted by atomic mass is 10.0. The maximum absolute atomic E-state index is 12.9. The van der Waals surface area contributed by atoms with Crippen molar-refractivity contribution >= 4 is 17.6 Å². The third kappa shape index (κ3) is 5.56. The second-order valence-electron chi connectivity index (χ2n) is 8.08. The predicted molar refractivity (Wildman–Crippen MR) is 123 cm³/mol. The molecule has 0 bridgehead atoms. The van der Waals surface area contributed by atoms with Crippen molar-refractivity contribution < 1.29 is 9.59 Å². The van der Waals surface area contributed by atoms with Gasteiger partial charge in [-0.3, -0.25) is 14.5 Å². The van der Waals surface area contributed by atoms with Gasteiger partial charge in [0.25, 0.3) is 11.8 Å². The molecule has 1 aliphatic heterocycles. The van der Waals surface area contributed by atoms with E-state index in [9.17, 15) is 9.59 Å². The fourth-order valence-electron chi connectivity index (χ4n) is 3.81. The van der Waals surface area contributed by atoms with Gasteiger partial charge in [0, 0.05) is 43.6 Å². The van der Waals surface area contributed by atoms with E-state index in [0.717, 1.165) is 38.0 Å². The molecule has 1 aromatic heterocycles. The highest BCUT2D eigenvalue weighted by Gasteiger charge is 2.24. The van der Waals surface area contributed by atoms with Gasteiger partial charge in [-0.2, -0.15) is 0 Å². The van der Waals surface area contributed by atoms with E-state index in [4.69, 9.17) is 0 Å². The van der Waals surface area contributed by atoms with Crippen molar-refractivity contribution in [2.75, 3.05) is 18.4 Å².